The van der Waals surface area contributed by atoms with Crippen LogP contribution < -0.4 is 10.1 Å². The minimum absolute atomic E-state index is 0.286. The van der Waals surface area contributed by atoms with E-state index >= 15 is 0 Å². The fraction of sp³-hybridized carbons (Fsp3) is 0.226. The van der Waals surface area contributed by atoms with Gasteiger partial charge in [-0.3, -0.25) is 4.79 Å². The highest BCUT2D eigenvalue weighted by molar-refractivity contribution is 6.05. The number of nitrogens with one attached hydrogen (secondary N) is 1. The van der Waals surface area contributed by atoms with Crippen LogP contribution in [0.25, 0.3) is 27.7 Å². The van der Waals surface area contributed by atoms with Crippen LogP contribution in [0.5, 0.6) is 5.75 Å². The Morgan fingerprint density at radius 3 is 2.38 bits per heavy atom. The highest BCUT2D eigenvalue weighted by Gasteiger charge is 2.16. The van der Waals surface area contributed by atoms with Crippen LogP contribution in [-0.2, 0) is 9.53 Å². The zero-order valence-corrected chi connectivity index (χ0v) is 21.8. The quantitative estimate of drug-likeness (QED) is 0.204. The summed E-state index contributed by atoms with van der Waals surface area (Å²) in [4.78, 5) is 24.7. The minimum Gasteiger partial charge on any atom is -0.493 e. The highest BCUT2D eigenvalue weighted by Crippen LogP contribution is 2.38. The van der Waals surface area contributed by atoms with Crippen LogP contribution in [0.1, 0.15) is 47.8 Å². The molecule has 0 aliphatic rings. The molecule has 6 heteroatoms. The maximum absolute atomic E-state index is 12.8. The first-order valence-corrected chi connectivity index (χ1v) is 12.3. The smallest absolute Gasteiger partial charge is 0.338 e. The number of aryl methyl sites for hydroxylation is 2. The Hall–Kier alpha value is -4.32. The number of furan rings is 1. The van der Waals surface area contributed by atoms with Crippen LogP contribution in [0.4, 0.5) is 5.69 Å². The summed E-state index contributed by atoms with van der Waals surface area (Å²) in [6, 6.07) is 16.8. The molecule has 37 heavy (non-hydrogen) atoms. The summed E-state index contributed by atoms with van der Waals surface area (Å²) < 4.78 is 16.8. The molecule has 0 bridgehead atoms. The van der Waals surface area contributed by atoms with E-state index < -0.39 is 5.97 Å². The number of fused-ring (bicyclic) bond motifs is 1. The van der Waals surface area contributed by atoms with Crippen molar-refractivity contribution < 1.29 is 23.5 Å². The Labute approximate surface area is 216 Å². The maximum atomic E-state index is 12.8. The molecule has 3 aromatic carbocycles. The van der Waals surface area contributed by atoms with Crippen molar-refractivity contribution in [2.24, 2.45) is 0 Å². The fourth-order valence-electron chi connectivity index (χ4n) is 4.32. The van der Waals surface area contributed by atoms with Crippen LogP contribution in [0.2, 0.25) is 0 Å². The van der Waals surface area contributed by atoms with E-state index in [1.165, 1.54) is 11.1 Å². The largest absolute Gasteiger partial charge is 0.493 e. The van der Waals surface area contributed by atoms with Gasteiger partial charge < -0.3 is 19.2 Å². The molecule has 0 aliphatic heterocycles. The predicted octanol–water partition coefficient (Wildman–Crippen LogP) is 7.33. The summed E-state index contributed by atoms with van der Waals surface area (Å²) in [5, 5.41) is 3.80. The van der Waals surface area contributed by atoms with Gasteiger partial charge in [0, 0.05) is 34.3 Å². The molecule has 1 heterocycles. The molecule has 0 aliphatic carbocycles. The van der Waals surface area contributed by atoms with Crippen LogP contribution in [0, 0.1) is 13.8 Å². The SMILES string of the molecule is CCOC(=O)c1ccc(NC(=O)/C=C(\C)c2cc3c(-c4ccc(C)cc4C)coc3cc2OCC)cc1. The number of esters is 1. The second-order valence-electron chi connectivity index (χ2n) is 8.86. The van der Waals surface area contributed by atoms with E-state index in [9.17, 15) is 9.59 Å². The standard InChI is InChI=1S/C31H31NO5/c1-6-35-28-17-29-26(27(18-37-29)24-13-8-19(3)14-20(24)4)16-25(28)21(5)15-30(33)32-23-11-9-22(10-12-23)31(34)36-7-2/h8-18H,6-7H2,1-5H3,(H,32,33)/b21-15+. The number of allylic oxidation sites excluding steroid dienone is 1. The van der Waals surface area contributed by atoms with E-state index in [1.807, 2.05) is 26.0 Å². The third-order valence-corrected chi connectivity index (χ3v) is 6.08. The van der Waals surface area contributed by atoms with Gasteiger partial charge in [-0.1, -0.05) is 23.8 Å². The molecule has 0 saturated heterocycles. The number of ether oxygens (including phenoxy) is 2. The molecule has 4 rings (SSSR count). The molecule has 6 nitrogen and oxygen atoms in total. The third kappa shape index (κ3) is 5.75. The first-order valence-electron chi connectivity index (χ1n) is 12.3. The molecule has 0 saturated carbocycles. The number of rotatable bonds is 8. The van der Waals surface area contributed by atoms with Crippen molar-refractivity contribution >= 4 is 34.1 Å². The second kappa shape index (κ2) is 11.2. The van der Waals surface area contributed by atoms with E-state index in [-0.39, 0.29) is 5.91 Å². The highest BCUT2D eigenvalue weighted by atomic mass is 16.5. The van der Waals surface area contributed by atoms with Gasteiger partial charge in [-0.25, -0.2) is 4.79 Å². The zero-order chi connectivity index (χ0) is 26.5. The molecule has 190 valence electrons. The predicted molar refractivity (Wildman–Crippen MR) is 147 cm³/mol. The molecular weight excluding hydrogens is 466 g/mol. The van der Waals surface area contributed by atoms with Crippen molar-refractivity contribution in [1.29, 1.82) is 0 Å². The van der Waals surface area contributed by atoms with Crippen LogP contribution in [-0.4, -0.2) is 25.1 Å². The van der Waals surface area contributed by atoms with Crippen LogP contribution in [0.3, 0.4) is 0 Å². The molecule has 0 fully saturated rings. The fourth-order valence-corrected chi connectivity index (χ4v) is 4.32. The van der Waals surface area contributed by atoms with Crippen molar-refractivity contribution in [2.75, 3.05) is 18.5 Å². The molecule has 0 spiro atoms. The first-order chi connectivity index (χ1) is 17.8. The van der Waals surface area contributed by atoms with Gasteiger partial charge in [0.2, 0.25) is 5.91 Å². The Bertz CT molecular complexity index is 1480. The van der Waals surface area contributed by atoms with Gasteiger partial charge in [-0.2, -0.15) is 0 Å². The normalized spacial score (nSPS) is 11.4. The van der Waals surface area contributed by atoms with E-state index in [0.29, 0.717) is 30.2 Å². The Morgan fingerprint density at radius 1 is 0.946 bits per heavy atom. The number of hydrogen-bond acceptors (Lipinski definition) is 5. The second-order valence-corrected chi connectivity index (χ2v) is 8.86. The van der Waals surface area contributed by atoms with Gasteiger partial charge in [0.15, 0.2) is 0 Å². The summed E-state index contributed by atoms with van der Waals surface area (Å²) in [7, 11) is 0. The van der Waals surface area contributed by atoms with Crippen molar-refractivity contribution in [3.05, 3.63) is 89.2 Å². The Balaban J connectivity index is 1.64. The molecule has 1 amide bonds. The van der Waals surface area contributed by atoms with Gasteiger partial charge in [0.1, 0.15) is 11.3 Å². The van der Waals surface area contributed by atoms with Crippen molar-refractivity contribution in [3.63, 3.8) is 0 Å². The summed E-state index contributed by atoms with van der Waals surface area (Å²) in [5.41, 5.74) is 7.76. The number of hydrogen-bond donors (Lipinski definition) is 1. The molecule has 0 unspecified atom stereocenters. The topological polar surface area (TPSA) is 77.8 Å². The van der Waals surface area contributed by atoms with E-state index in [4.69, 9.17) is 13.9 Å². The lowest BCUT2D eigenvalue weighted by Gasteiger charge is -2.12. The summed E-state index contributed by atoms with van der Waals surface area (Å²) >= 11 is 0. The lowest BCUT2D eigenvalue weighted by Crippen LogP contribution is -2.09. The van der Waals surface area contributed by atoms with Gasteiger partial charge >= 0.3 is 5.97 Å². The van der Waals surface area contributed by atoms with Crippen molar-refractivity contribution in [3.8, 4) is 16.9 Å². The molecule has 1 aromatic heterocycles. The third-order valence-electron chi connectivity index (χ3n) is 6.08. The van der Waals surface area contributed by atoms with E-state index in [2.05, 4.69) is 37.4 Å². The zero-order valence-electron chi connectivity index (χ0n) is 21.8. The molecule has 0 atom stereocenters. The number of amides is 1. The van der Waals surface area contributed by atoms with Gasteiger partial charge in [-0.15, -0.1) is 0 Å². The number of carbonyl (C=O) groups excluding carboxylic acids is 2. The van der Waals surface area contributed by atoms with Gasteiger partial charge in [0.05, 0.1) is 25.0 Å². The average molecular weight is 498 g/mol. The maximum Gasteiger partial charge on any atom is 0.338 e. The Morgan fingerprint density at radius 2 is 1.70 bits per heavy atom. The Kier molecular flexibility index (Phi) is 7.77. The summed E-state index contributed by atoms with van der Waals surface area (Å²) in [5.74, 6) is -0.0306. The van der Waals surface area contributed by atoms with E-state index in [0.717, 1.165) is 33.2 Å². The van der Waals surface area contributed by atoms with Gasteiger partial charge in [0.25, 0.3) is 0 Å². The lowest BCUT2D eigenvalue weighted by molar-refractivity contribution is -0.111. The summed E-state index contributed by atoms with van der Waals surface area (Å²) in [6.07, 6.45) is 3.31. The molecule has 0 radical (unpaired) electrons. The number of anilines is 1. The summed E-state index contributed by atoms with van der Waals surface area (Å²) in [6.45, 7) is 10.5. The first kappa shape index (κ1) is 25.8. The average Bonchev–Trinajstić information content (AvgIpc) is 3.27. The molecule has 4 aromatic rings. The van der Waals surface area contributed by atoms with Crippen molar-refractivity contribution in [1.82, 2.24) is 0 Å². The molecular formula is C31H31NO5. The van der Waals surface area contributed by atoms with E-state index in [1.54, 1.807) is 43.5 Å². The number of carbonyl (C=O) groups is 2. The van der Waals surface area contributed by atoms with Gasteiger partial charge in [-0.05, 0) is 81.7 Å². The number of benzene rings is 3. The molecule has 1 N–H and O–H groups in total. The minimum atomic E-state index is -0.394. The van der Waals surface area contributed by atoms with Crippen LogP contribution >= 0.6 is 0 Å². The van der Waals surface area contributed by atoms with Crippen LogP contribution in [0.15, 0.2) is 71.4 Å². The van der Waals surface area contributed by atoms with Crippen molar-refractivity contribution in [2.45, 2.75) is 34.6 Å². The monoisotopic (exact) mass is 497 g/mol. The lowest BCUT2D eigenvalue weighted by atomic mass is 9.96.